The molecule has 5 unspecified atom stereocenters. The van der Waals surface area contributed by atoms with Gasteiger partial charge in [-0.25, -0.2) is 0 Å². The zero-order valence-electron chi connectivity index (χ0n) is 26.7. The van der Waals surface area contributed by atoms with Crippen molar-refractivity contribution < 1.29 is 44.3 Å². The molecule has 1 aromatic rings. The molecule has 0 aromatic heterocycles. The van der Waals surface area contributed by atoms with Crippen molar-refractivity contribution in [1.29, 1.82) is 0 Å². The molecular weight excluding hydrogens is 640 g/mol. The van der Waals surface area contributed by atoms with E-state index in [1.54, 1.807) is 0 Å². The van der Waals surface area contributed by atoms with E-state index in [1.807, 2.05) is 0 Å². The highest BCUT2D eigenvalue weighted by atomic mass is 16.7. The van der Waals surface area contributed by atoms with Crippen molar-refractivity contribution in [2.24, 2.45) is 5.92 Å². The molecule has 0 bridgehead atoms. The Bertz CT molecular complexity index is 2860. The standard InChI is InChI=1S/C36H28O13/c1-12-10-20(39)25-26(22(12)13(2)37)29(43)18-8-6-16(27(41)23(18)30(25)44)17-7-9-19-24(28(17)42)33(46)35-21(40)11-34(5,47)31(14(3)48-15(4)38)36(35,49-35)32(19)45/h6-10,14,31,37,42,45,47H,11H2,1-5H3. The Balaban J connectivity index is 1.60. The van der Waals surface area contributed by atoms with E-state index in [0.29, 0.717) is 0 Å². The Morgan fingerprint density at radius 3 is 2.12 bits per heavy atom. The van der Waals surface area contributed by atoms with Crippen LogP contribution in [0.25, 0.3) is 11.5 Å². The smallest absolute Gasteiger partial charge is 0.302 e. The third-order valence-corrected chi connectivity index (χ3v) is 10.2. The van der Waals surface area contributed by atoms with Crippen molar-refractivity contribution in [3.8, 4) is 5.75 Å². The van der Waals surface area contributed by atoms with Gasteiger partial charge in [-0.15, -0.1) is 0 Å². The summed E-state index contributed by atoms with van der Waals surface area (Å²) in [5, 5.41) is 42.0. The van der Waals surface area contributed by atoms with E-state index < -0.39 is 102 Å². The Hall–Kier alpha value is -5.53. The molecule has 13 nitrogen and oxygen atoms in total. The van der Waals surface area contributed by atoms with E-state index in [9.17, 15) is 54.0 Å². The van der Waals surface area contributed by atoms with Gasteiger partial charge in [0.05, 0.1) is 33.3 Å². The van der Waals surface area contributed by atoms with E-state index >= 15 is 0 Å². The van der Waals surface area contributed by atoms with Crippen LogP contribution in [0.3, 0.4) is 0 Å². The summed E-state index contributed by atoms with van der Waals surface area (Å²) in [7, 11) is 0. The Morgan fingerprint density at radius 1 is 0.898 bits per heavy atom. The maximum atomic E-state index is 14.2. The lowest BCUT2D eigenvalue weighted by Gasteiger charge is -2.44. The van der Waals surface area contributed by atoms with Crippen LogP contribution < -0.4 is 32.2 Å². The number of hydrogen-bond donors (Lipinski definition) is 4. The van der Waals surface area contributed by atoms with Gasteiger partial charge in [0.2, 0.25) is 16.8 Å². The van der Waals surface area contributed by atoms with Crippen molar-refractivity contribution >= 4 is 29.1 Å². The lowest BCUT2D eigenvalue weighted by Crippen LogP contribution is -2.64. The molecule has 4 N–H and O–H groups in total. The van der Waals surface area contributed by atoms with Crippen LogP contribution in [-0.4, -0.2) is 60.9 Å². The quantitative estimate of drug-likeness (QED) is 0.116. The summed E-state index contributed by atoms with van der Waals surface area (Å²) in [6, 6.07) is 5.74. The maximum absolute atomic E-state index is 14.2. The zero-order valence-corrected chi connectivity index (χ0v) is 26.7. The second kappa shape index (κ2) is 9.77. The molecule has 0 amide bonds. The number of aromatic hydroxyl groups is 1. The summed E-state index contributed by atoms with van der Waals surface area (Å²) < 4.78 is 11.2. The Kier molecular flexibility index (Phi) is 6.39. The van der Waals surface area contributed by atoms with Crippen molar-refractivity contribution in [2.45, 2.75) is 63.9 Å². The van der Waals surface area contributed by atoms with Gasteiger partial charge < -0.3 is 29.9 Å². The van der Waals surface area contributed by atoms with Crippen LogP contribution in [0.2, 0.25) is 0 Å². The highest BCUT2D eigenvalue weighted by Crippen LogP contribution is 2.67. The molecule has 2 fully saturated rings. The number of phenols is 1. The summed E-state index contributed by atoms with van der Waals surface area (Å²) in [5.41, 5.74) is -10.5. The Morgan fingerprint density at radius 2 is 1.49 bits per heavy atom. The van der Waals surface area contributed by atoms with Crippen molar-refractivity contribution in [2.75, 3.05) is 0 Å². The SMILES string of the molecule is CC(=O)OC(C)C1C(C)(O)CC(=O)C23OC12C(O)=c1ccc(=c2ccc4c(=O)c5c(=C(C)O)c(C)cc(=O)c=5c(=O)c=4c2=O)c(O)c1C3=O. The molecule has 0 radical (unpaired) electrons. The fourth-order valence-corrected chi connectivity index (χ4v) is 8.42. The fraction of sp³-hybridized carbons (Fsp3) is 0.306. The van der Waals surface area contributed by atoms with Gasteiger partial charge in [0.15, 0.2) is 27.7 Å². The van der Waals surface area contributed by atoms with Gasteiger partial charge in [-0.05, 0) is 63.6 Å². The fourth-order valence-electron chi connectivity index (χ4n) is 8.42. The van der Waals surface area contributed by atoms with Gasteiger partial charge in [-0.1, -0.05) is 0 Å². The molecule has 13 heteroatoms. The second-order valence-electron chi connectivity index (χ2n) is 13.3. The molecule has 6 aliphatic rings. The van der Waals surface area contributed by atoms with Gasteiger partial charge >= 0.3 is 5.97 Å². The maximum Gasteiger partial charge on any atom is 0.302 e. The first-order valence-corrected chi connectivity index (χ1v) is 15.3. The molecule has 250 valence electrons. The molecule has 49 heavy (non-hydrogen) atoms. The highest BCUT2D eigenvalue weighted by Gasteiger charge is 2.89. The summed E-state index contributed by atoms with van der Waals surface area (Å²) in [5.74, 6) is -5.83. The number of hydrogen-bond acceptors (Lipinski definition) is 13. The number of esters is 1. The number of rotatable bonds is 2. The van der Waals surface area contributed by atoms with E-state index in [-0.39, 0.29) is 42.6 Å². The van der Waals surface area contributed by atoms with Gasteiger partial charge in [0.25, 0.3) is 0 Å². The molecule has 1 saturated carbocycles. The molecular formula is C36H28O13. The number of ether oxygens (including phenoxy) is 2. The topological polar surface area (TPSA) is 222 Å². The lowest BCUT2D eigenvalue weighted by molar-refractivity contribution is -0.160. The van der Waals surface area contributed by atoms with Crippen LogP contribution in [0.4, 0.5) is 0 Å². The first kappa shape index (κ1) is 32.0. The number of aliphatic hydroxyl groups is 3. The van der Waals surface area contributed by atoms with E-state index in [4.69, 9.17) is 9.47 Å². The zero-order chi connectivity index (χ0) is 35.9. The van der Waals surface area contributed by atoms with E-state index in [0.717, 1.165) is 25.1 Å². The normalized spacial score (nSPS) is 27.7. The summed E-state index contributed by atoms with van der Waals surface area (Å²) in [4.78, 5) is 93.8. The largest absolute Gasteiger partial charge is 0.512 e. The molecule has 7 rings (SSSR count). The molecule has 5 atom stereocenters. The number of carbonyl (C=O) groups excluding carboxylic acids is 3. The molecule has 1 saturated heterocycles. The number of benzene rings is 1. The average molecular weight is 669 g/mol. The summed E-state index contributed by atoms with van der Waals surface area (Å²) in [6.07, 6.45) is -1.77. The first-order valence-electron chi connectivity index (χ1n) is 15.3. The van der Waals surface area contributed by atoms with Crippen molar-refractivity contribution in [3.05, 3.63) is 124 Å². The summed E-state index contributed by atoms with van der Waals surface area (Å²) in [6.45, 7) is 6.62. The first-order chi connectivity index (χ1) is 22.8. The molecule has 1 heterocycles. The van der Waals surface area contributed by atoms with Crippen LogP contribution in [0.1, 0.15) is 50.0 Å². The monoisotopic (exact) mass is 668 g/mol. The predicted molar refractivity (Wildman–Crippen MR) is 168 cm³/mol. The second-order valence-corrected chi connectivity index (χ2v) is 13.3. The van der Waals surface area contributed by atoms with Crippen molar-refractivity contribution in [1.82, 2.24) is 0 Å². The van der Waals surface area contributed by atoms with Gasteiger partial charge in [0.1, 0.15) is 17.6 Å². The number of phenolic OH excluding ortho intramolecular Hbond substituents is 1. The van der Waals surface area contributed by atoms with Crippen LogP contribution in [-0.2, 0) is 19.1 Å². The minimum atomic E-state index is -2.38. The van der Waals surface area contributed by atoms with Crippen LogP contribution in [0, 0.1) is 44.2 Å². The molecule has 0 spiro atoms. The number of fused-ring (bicyclic) bond motifs is 1. The Labute approximate surface area is 272 Å². The third kappa shape index (κ3) is 3.73. The number of aryl methyl sites for hydroxylation is 1. The number of carbonyl (C=O) groups is 3. The van der Waals surface area contributed by atoms with Gasteiger partial charge in [-0.2, -0.15) is 0 Å². The molecule has 1 aliphatic heterocycles. The number of aliphatic hydroxyl groups excluding tert-OH is 2. The highest BCUT2D eigenvalue weighted by molar-refractivity contribution is 6.26. The predicted octanol–water partition coefficient (Wildman–Crippen LogP) is -0.898. The van der Waals surface area contributed by atoms with E-state index in [2.05, 4.69) is 0 Å². The average Bonchev–Trinajstić information content (AvgIpc) is 3.70. The number of epoxide rings is 1. The van der Waals surface area contributed by atoms with Crippen molar-refractivity contribution in [3.63, 3.8) is 0 Å². The number of ketones is 2. The van der Waals surface area contributed by atoms with Crippen LogP contribution >= 0.6 is 0 Å². The van der Waals surface area contributed by atoms with Crippen LogP contribution in [0.5, 0.6) is 5.75 Å². The minimum absolute atomic E-state index is 0.00182. The number of Topliss-reactive ketones (excluding diaryl/α,β-unsaturated/α-hetero) is 2. The molecule has 1 aromatic carbocycles. The van der Waals surface area contributed by atoms with E-state index in [1.165, 1.54) is 39.8 Å². The van der Waals surface area contributed by atoms with Gasteiger partial charge in [0, 0.05) is 44.7 Å². The van der Waals surface area contributed by atoms with Crippen LogP contribution in [0.15, 0.2) is 49.5 Å². The minimum Gasteiger partial charge on any atom is -0.512 e. The third-order valence-electron chi connectivity index (χ3n) is 10.2. The molecule has 5 aliphatic carbocycles. The lowest BCUT2D eigenvalue weighted by atomic mass is 9.58. The summed E-state index contributed by atoms with van der Waals surface area (Å²) >= 11 is 0. The van der Waals surface area contributed by atoms with Gasteiger partial charge in [-0.3, -0.25) is 33.6 Å².